The molecule has 0 aliphatic carbocycles. The van der Waals surface area contributed by atoms with Crippen molar-refractivity contribution in [2.45, 2.75) is 25.5 Å². The van der Waals surface area contributed by atoms with Crippen molar-refractivity contribution in [1.82, 2.24) is 25.1 Å². The van der Waals surface area contributed by atoms with Crippen molar-refractivity contribution in [1.29, 1.82) is 0 Å². The Morgan fingerprint density at radius 2 is 2.18 bits per heavy atom. The standard InChI is InChI=1S/C23H24FN7O3/c1-15(32)26-10-19-13-30(23(33)34-19)17-2-3-22(20(24)8-17)29-7-5-18(12-29)31-11-16(9-28-31)21-4-6-25-14-27-21/h2-4,6,8-9,11,14,18-19H,5,7,10,12-13H2,1H3,(H,26,32)/t18?,19-/m0/s1. The first-order chi connectivity index (χ1) is 16.5. The van der Waals surface area contributed by atoms with E-state index in [2.05, 4.69) is 20.4 Å². The van der Waals surface area contributed by atoms with Crippen LogP contribution < -0.4 is 15.1 Å². The molecule has 2 amide bonds. The van der Waals surface area contributed by atoms with E-state index in [1.54, 1.807) is 24.5 Å². The Balaban J connectivity index is 1.25. The van der Waals surface area contributed by atoms with Gasteiger partial charge in [-0.1, -0.05) is 0 Å². The number of hydrogen-bond acceptors (Lipinski definition) is 7. The largest absolute Gasteiger partial charge is 0.442 e. The van der Waals surface area contributed by atoms with Crippen molar-refractivity contribution in [3.63, 3.8) is 0 Å². The molecular weight excluding hydrogens is 441 g/mol. The summed E-state index contributed by atoms with van der Waals surface area (Å²) in [5.74, 6) is -0.604. The number of hydrogen-bond donors (Lipinski definition) is 1. The van der Waals surface area contributed by atoms with Gasteiger partial charge in [0.2, 0.25) is 5.91 Å². The summed E-state index contributed by atoms with van der Waals surface area (Å²) in [7, 11) is 0. The molecule has 2 saturated heterocycles. The van der Waals surface area contributed by atoms with E-state index in [1.807, 2.05) is 21.8 Å². The second-order valence-corrected chi connectivity index (χ2v) is 8.38. The normalized spacial score (nSPS) is 20.0. The van der Waals surface area contributed by atoms with Gasteiger partial charge >= 0.3 is 6.09 Å². The van der Waals surface area contributed by atoms with Gasteiger partial charge in [0.1, 0.15) is 18.2 Å². The van der Waals surface area contributed by atoms with Crippen molar-refractivity contribution in [2.75, 3.05) is 36.0 Å². The van der Waals surface area contributed by atoms with Crippen molar-refractivity contribution in [3.8, 4) is 11.3 Å². The average molecular weight is 465 g/mol. The van der Waals surface area contributed by atoms with Gasteiger partial charge in [-0.25, -0.2) is 19.2 Å². The van der Waals surface area contributed by atoms with E-state index >= 15 is 4.39 Å². The van der Waals surface area contributed by atoms with Crippen molar-refractivity contribution in [2.24, 2.45) is 0 Å². The van der Waals surface area contributed by atoms with E-state index < -0.39 is 18.0 Å². The lowest BCUT2D eigenvalue weighted by molar-refractivity contribution is -0.119. The molecule has 1 aromatic carbocycles. The molecule has 0 spiro atoms. The fourth-order valence-corrected chi connectivity index (χ4v) is 4.32. The monoisotopic (exact) mass is 465 g/mol. The summed E-state index contributed by atoms with van der Waals surface area (Å²) in [6, 6.07) is 6.70. The van der Waals surface area contributed by atoms with Crippen LogP contribution in [0.1, 0.15) is 19.4 Å². The van der Waals surface area contributed by atoms with Gasteiger partial charge in [-0.2, -0.15) is 5.10 Å². The molecule has 2 atom stereocenters. The number of cyclic esters (lactones) is 1. The highest BCUT2D eigenvalue weighted by molar-refractivity contribution is 5.90. The molecule has 0 bridgehead atoms. The van der Waals surface area contributed by atoms with Gasteiger partial charge in [0.25, 0.3) is 0 Å². The average Bonchev–Trinajstić information content (AvgIpc) is 3.58. The van der Waals surface area contributed by atoms with Crippen LogP contribution in [0.3, 0.4) is 0 Å². The Morgan fingerprint density at radius 3 is 2.94 bits per heavy atom. The maximum Gasteiger partial charge on any atom is 0.414 e. The third-order valence-corrected chi connectivity index (χ3v) is 6.05. The Bertz CT molecular complexity index is 1200. The molecule has 4 heterocycles. The van der Waals surface area contributed by atoms with E-state index in [-0.39, 0.29) is 25.0 Å². The van der Waals surface area contributed by atoms with Gasteiger partial charge < -0.3 is 15.0 Å². The maximum atomic E-state index is 15.1. The lowest BCUT2D eigenvalue weighted by Crippen LogP contribution is -2.33. The number of benzene rings is 1. The molecule has 1 unspecified atom stereocenters. The maximum absolute atomic E-state index is 15.1. The molecule has 1 N–H and O–H groups in total. The summed E-state index contributed by atoms with van der Waals surface area (Å²) in [5, 5.41) is 7.11. The number of nitrogens with zero attached hydrogens (tertiary/aromatic N) is 6. The molecule has 2 fully saturated rings. The zero-order valence-electron chi connectivity index (χ0n) is 18.6. The fourth-order valence-electron chi connectivity index (χ4n) is 4.32. The zero-order chi connectivity index (χ0) is 23.7. The third-order valence-electron chi connectivity index (χ3n) is 6.05. The van der Waals surface area contributed by atoms with Crippen LogP contribution in [0.15, 0.2) is 49.2 Å². The first-order valence-electron chi connectivity index (χ1n) is 11.1. The minimum Gasteiger partial charge on any atom is -0.442 e. The van der Waals surface area contributed by atoms with E-state index in [1.165, 1.54) is 24.2 Å². The highest BCUT2D eigenvalue weighted by atomic mass is 19.1. The van der Waals surface area contributed by atoms with Gasteiger partial charge in [0, 0.05) is 38.0 Å². The number of aromatic nitrogens is 4. The van der Waals surface area contributed by atoms with Crippen LogP contribution in [0, 0.1) is 5.82 Å². The molecule has 2 aliphatic heterocycles. The van der Waals surface area contributed by atoms with Crippen LogP contribution in [0.5, 0.6) is 0 Å². The van der Waals surface area contributed by atoms with Crippen molar-refractivity contribution in [3.05, 3.63) is 55.0 Å². The van der Waals surface area contributed by atoms with Crippen molar-refractivity contribution >= 4 is 23.4 Å². The number of carbonyl (C=O) groups excluding carboxylic acids is 2. The summed E-state index contributed by atoms with van der Waals surface area (Å²) >= 11 is 0. The topological polar surface area (TPSA) is 105 Å². The van der Waals surface area contributed by atoms with Crippen molar-refractivity contribution < 1.29 is 18.7 Å². The number of carbonyl (C=O) groups is 2. The Labute approximate surface area is 195 Å². The molecule has 3 aromatic rings. The van der Waals surface area contributed by atoms with E-state index in [0.717, 1.165) is 17.7 Å². The zero-order valence-corrected chi connectivity index (χ0v) is 18.6. The van der Waals surface area contributed by atoms with E-state index in [4.69, 9.17) is 4.74 Å². The molecule has 2 aliphatic rings. The third kappa shape index (κ3) is 4.41. The molecule has 2 aromatic heterocycles. The summed E-state index contributed by atoms with van der Waals surface area (Å²) < 4.78 is 22.2. The molecule has 0 radical (unpaired) electrons. The van der Waals surface area contributed by atoms with Gasteiger partial charge in [-0.15, -0.1) is 0 Å². The molecule has 0 saturated carbocycles. The SMILES string of the molecule is CC(=O)NC[C@H]1CN(c2ccc(N3CCC(n4cc(-c5ccncn5)cn4)C3)c(F)c2)C(=O)O1. The van der Waals surface area contributed by atoms with Gasteiger partial charge in [-0.05, 0) is 30.7 Å². The summed E-state index contributed by atoms with van der Waals surface area (Å²) in [4.78, 5) is 34.9. The Kier molecular flexibility index (Phi) is 5.83. The fraction of sp³-hybridized carbons (Fsp3) is 0.348. The lowest BCUT2D eigenvalue weighted by atomic mass is 10.2. The molecule has 11 heteroatoms. The second kappa shape index (κ2) is 9.08. The number of nitrogens with one attached hydrogen (secondary N) is 1. The second-order valence-electron chi connectivity index (χ2n) is 8.38. The van der Waals surface area contributed by atoms with Crippen LogP contribution in [0.4, 0.5) is 20.6 Å². The quantitative estimate of drug-likeness (QED) is 0.596. The van der Waals surface area contributed by atoms with Crippen LogP contribution in [0.25, 0.3) is 11.3 Å². The summed E-state index contributed by atoms with van der Waals surface area (Å²) in [5.41, 5.74) is 2.62. The smallest absolute Gasteiger partial charge is 0.414 e. The first kappa shape index (κ1) is 21.8. The lowest BCUT2D eigenvalue weighted by Gasteiger charge is -2.21. The molecule has 34 heavy (non-hydrogen) atoms. The van der Waals surface area contributed by atoms with E-state index in [0.29, 0.717) is 24.5 Å². The van der Waals surface area contributed by atoms with E-state index in [9.17, 15) is 9.59 Å². The van der Waals surface area contributed by atoms with Crippen LogP contribution in [-0.2, 0) is 9.53 Å². The highest BCUT2D eigenvalue weighted by Crippen LogP contribution is 2.32. The number of amides is 2. The van der Waals surface area contributed by atoms with Crippen LogP contribution >= 0.6 is 0 Å². The predicted octanol–water partition coefficient (Wildman–Crippen LogP) is 2.39. The van der Waals surface area contributed by atoms with Crippen LogP contribution in [-0.4, -0.2) is 64.0 Å². The van der Waals surface area contributed by atoms with Gasteiger partial charge in [-0.3, -0.25) is 14.4 Å². The van der Waals surface area contributed by atoms with Crippen LogP contribution in [0.2, 0.25) is 0 Å². The number of anilines is 2. The molecule has 176 valence electrons. The van der Waals surface area contributed by atoms with Gasteiger partial charge in [0.05, 0.1) is 42.4 Å². The molecule has 10 nitrogen and oxygen atoms in total. The Morgan fingerprint density at radius 1 is 1.29 bits per heavy atom. The summed E-state index contributed by atoms with van der Waals surface area (Å²) in [6.45, 7) is 3.17. The predicted molar refractivity (Wildman–Crippen MR) is 122 cm³/mol. The number of ether oxygens (including phenoxy) is 1. The Hall–Kier alpha value is -4.02. The number of rotatable bonds is 6. The molecular formula is C23H24FN7O3. The van der Waals surface area contributed by atoms with Gasteiger partial charge in [0.15, 0.2) is 0 Å². The minimum absolute atomic E-state index is 0.109. The minimum atomic E-state index is -0.554. The highest BCUT2D eigenvalue weighted by Gasteiger charge is 2.33. The molecule has 5 rings (SSSR count). The number of halogens is 1. The summed E-state index contributed by atoms with van der Waals surface area (Å²) in [6.07, 6.45) is 6.72. The first-order valence-corrected chi connectivity index (χ1v) is 11.1.